The maximum absolute atomic E-state index is 12.4. The Morgan fingerprint density at radius 3 is 2.48 bits per heavy atom. The molecule has 0 atom stereocenters. The van der Waals surface area contributed by atoms with Gasteiger partial charge in [-0.15, -0.1) is 0 Å². The van der Waals surface area contributed by atoms with E-state index in [0.29, 0.717) is 23.6 Å². The Morgan fingerprint density at radius 1 is 1.03 bits per heavy atom. The molecule has 0 aliphatic carbocycles. The lowest BCUT2D eigenvalue weighted by atomic mass is 10.0. The van der Waals surface area contributed by atoms with Crippen molar-refractivity contribution >= 4 is 17.6 Å². The number of carbonyl (C=O) groups is 2. The predicted molar refractivity (Wildman–Crippen MR) is 111 cm³/mol. The van der Waals surface area contributed by atoms with Gasteiger partial charge in [-0.3, -0.25) is 4.79 Å². The van der Waals surface area contributed by atoms with E-state index >= 15 is 0 Å². The van der Waals surface area contributed by atoms with Gasteiger partial charge in [0, 0.05) is 17.3 Å². The van der Waals surface area contributed by atoms with Crippen LogP contribution in [-0.2, 0) is 4.74 Å². The lowest BCUT2D eigenvalue weighted by molar-refractivity contribution is 0.0499. The Bertz CT molecular complexity index is 1010. The van der Waals surface area contributed by atoms with Crippen molar-refractivity contribution in [1.82, 2.24) is 5.16 Å². The van der Waals surface area contributed by atoms with Gasteiger partial charge >= 0.3 is 5.97 Å². The molecule has 6 nitrogen and oxygen atoms in total. The van der Waals surface area contributed by atoms with Crippen LogP contribution in [0.4, 0.5) is 5.69 Å². The fourth-order valence-electron chi connectivity index (χ4n) is 2.69. The number of carbonyl (C=O) groups excluding carboxylic acids is 2. The van der Waals surface area contributed by atoms with E-state index in [0.717, 1.165) is 24.0 Å². The van der Waals surface area contributed by atoms with E-state index in [1.807, 2.05) is 39.0 Å². The zero-order valence-electron chi connectivity index (χ0n) is 16.8. The number of hydrogen-bond donors (Lipinski definition) is 1. The van der Waals surface area contributed by atoms with Crippen molar-refractivity contribution in [3.05, 3.63) is 70.9 Å². The van der Waals surface area contributed by atoms with E-state index in [-0.39, 0.29) is 17.6 Å². The molecule has 1 heterocycles. The molecular formula is C23H24N2O4. The van der Waals surface area contributed by atoms with Crippen molar-refractivity contribution in [2.45, 2.75) is 33.6 Å². The molecule has 0 unspecified atom stereocenters. The van der Waals surface area contributed by atoms with E-state index in [9.17, 15) is 9.59 Å². The number of nitrogens with one attached hydrogen (secondary N) is 1. The normalized spacial score (nSPS) is 10.6. The summed E-state index contributed by atoms with van der Waals surface area (Å²) in [6.45, 7) is 6.49. The van der Waals surface area contributed by atoms with Crippen LogP contribution in [0.1, 0.15) is 51.7 Å². The monoisotopic (exact) mass is 392 g/mol. The van der Waals surface area contributed by atoms with Gasteiger partial charge in [-0.2, -0.15) is 0 Å². The number of ether oxygens (including phenoxy) is 1. The van der Waals surface area contributed by atoms with Gasteiger partial charge in [0.2, 0.25) is 0 Å². The third-order valence-corrected chi connectivity index (χ3v) is 4.64. The molecule has 0 aliphatic rings. The molecule has 0 saturated carbocycles. The largest absolute Gasteiger partial charge is 0.462 e. The number of hydrogen-bond acceptors (Lipinski definition) is 5. The summed E-state index contributed by atoms with van der Waals surface area (Å²) in [5.41, 5.74) is 4.36. The Morgan fingerprint density at radius 2 is 1.79 bits per heavy atom. The number of esters is 1. The summed E-state index contributed by atoms with van der Waals surface area (Å²) in [5, 5.41) is 6.62. The van der Waals surface area contributed by atoms with Gasteiger partial charge in [0.15, 0.2) is 11.5 Å². The number of anilines is 1. The number of benzene rings is 2. The van der Waals surface area contributed by atoms with Crippen molar-refractivity contribution in [1.29, 1.82) is 0 Å². The fourth-order valence-corrected chi connectivity index (χ4v) is 2.69. The van der Waals surface area contributed by atoms with Gasteiger partial charge in [0.05, 0.1) is 12.2 Å². The highest BCUT2D eigenvalue weighted by atomic mass is 16.5. The molecule has 0 bridgehead atoms. The van der Waals surface area contributed by atoms with Gasteiger partial charge in [-0.1, -0.05) is 30.6 Å². The highest BCUT2D eigenvalue weighted by Gasteiger charge is 2.15. The Labute approximate surface area is 169 Å². The molecule has 6 heteroatoms. The molecule has 0 radical (unpaired) electrons. The highest BCUT2D eigenvalue weighted by molar-refractivity contribution is 6.03. The van der Waals surface area contributed by atoms with Crippen LogP contribution in [0.15, 0.2) is 53.1 Å². The first-order valence-electron chi connectivity index (χ1n) is 9.61. The first-order chi connectivity index (χ1) is 14.0. The number of rotatable bonds is 7. The fraction of sp³-hybridized carbons (Fsp3) is 0.261. The summed E-state index contributed by atoms with van der Waals surface area (Å²) < 4.78 is 10.5. The van der Waals surface area contributed by atoms with E-state index in [2.05, 4.69) is 10.5 Å². The van der Waals surface area contributed by atoms with Gasteiger partial charge < -0.3 is 14.6 Å². The van der Waals surface area contributed by atoms with Gasteiger partial charge in [0.25, 0.3) is 5.91 Å². The molecule has 0 aliphatic heterocycles. The van der Waals surface area contributed by atoms with Crippen molar-refractivity contribution in [2.75, 3.05) is 11.9 Å². The Balaban J connectivity index is 1.64. The average molecular weight is 392 g/mol. The smallest absolute Gasteiger partial charge is 0.338 e. The molecule has 3 aromatic rings. The third kappa shape index (κ3) is 5.10. The van der Waals surface area contributed by atoms with Crippen LogP contribution in [0.25, 0.3) is 11.3 Å². The van der Waals surface area contributed by atoms with Gasteiger partial charge in [-0.25, -0.2) is 4.79 Å². The molecule has 1 N–H and O–H groups in total. The van der Waals surface area contributed by atoms with Gasteiger partial charge in [0.1, 0.15) is 0 Å². The number of aromatic nitrogens is 1. The van der Waals surface area contributed by atoms with Crippen LogP contribution < -0.4 is 5.32 Å². The minimum atomic E-state index is -0.387. The molecule has 1 aromatic heterocycles. The summed E-state index contributed by atoms with van der Waals surface area (Å²) in [7, 11) is 0. The zero-order chi connectivity index (χ0) is 20.8. The van der Waals surface area contributed by atoms with Crippen LogP contribution in [0.2, 0.25) is 0 Å². The second-order valence-electron chi connectivity index (χ2n) is 6.90. The second-order valence-corrected chi connectivity index (χ2v) is 6.90. The number of nitrogens with zero attached hydrogens (tertiary/aromatic N) is 1. The molecule has 1 amide bonds. The standard InChI is InChI=1S/C23H24N2O4/c1-4-5-12-28-23(27)17-8-10-19(11-9-17)24-22(26)20-14-21(29-25-20)18-7-6-15(2)16(3)13-18/h6-11,13-14H,4-5,12H2,1-3H3,(H,24,26). The first-order valence-corrected chi connectivity index (χ1v) is 9.61. The molecule has 29 heavy (non-hydrogen) atoms. The molecule has 150 valence electrons. The number of amides is 1. The third-order valence-electron chi connectivity index (χ3n) is 4.64. The SMILES string of the molecule is CCCCOC(=O)c1ccc(NC(=O)c2cc(-c3ccc(C)c(C)c3)on2)cc1. The minimum absolute atomic E-state index is 0.182. The molecule has 2 aromatic carbocycles. The highest BCUT2D eigenvalue weighted by Crippen LogP contribution is 2.23. The van der Waals surface area contributed by atoms with Crippen LogP contribution in [0, 0.1) is 13.8 Å². The minimum Gasteiger partial charge on any atom is -0.462 e. The maximum Gasteiger partial charge on any atom is 0.338 e. The summed E-state index contributed by atoms with van der Waals surface area (Å²) in [6, 6.07) is 14.1. The van der Waals surface area contributed by atoms with Crippen molar-refractivity contribution in [3.63, 3.8) is 0 Å². The molecule has 0 saturated heterocycles. The summed E-state index contributed by atoms with van der Waals surface area (Å²) in [5.74, 6) is -0.226. The van der Waals surface area contributed by atoms with Crippen LogP contribution >= 0.6 is 0 Å². The molecule has 0 spiro atoms. The van der Waals surface area contributed by atoms with Crippen LogP contribution in [-0.4, -0.2) is 23.6 Å². The van der Waals surface area contributed by atoms with Crippen molar-refractivity contribution < 1.29 is 18.8 Å². The van der Waals surface area contributed by atoms with Crippen LogP contribution in [0.5, 0.6) is 0 Å². The summed E-state index contributed by atoms with van der Waals surface area (Å²) in [6.07, 6.45) is 1.80. The van der Waals surface area contributed by atoms with E-state index in [1.165, 1.54) is 5.56 Å². The predicted octanol–water partition coefficient (Wildman–Crippen LogP) is 5.17. The summed E-state index contributed by atoms with van der Waals surface area (Å²) >= 11 is 0. The van der Waals surface area contributed by atoms with Gasteiger partial charge in [-0.05, 0) is 61.7 Å². The molecular weight excluding hydrogens is 368 g/mol. The van der Waals surface area contributed by atoms with E-state index in [4.69, 9.17) is 9.26 Å². The average Bonchev–Trinajstić information content (AvgIpc) is 3.21. The van der Waals surface area contributed by atoms with Crippen LogP contribution in [0.3, 0.4) is 0 Å². The maximum atomic E-state index is 12.4. The number of aryl methyl sites for hydroxylation is 2. The Hall–Kier alpha value is -3.41. The van der Waals surface area contributed by atoms with E-state index in [1.54, 1.807) is 30.3 Å². The first kappa shape index (κ1) is 20.3. The quantitative estimate of drug-likeness (QED) is 0.443. The Kier molecular flexibility index (Phi) is 6.44. The second kappa shape index (κ2) is 9.19. The topological polar surface area (TPSA) is 81.4 Å². The zero-order valence-corrected chi connectivity index (χ0v) is 16.8. The molecule has 0 fully saturated rings. The lowest BCUT2D eigenvalue weighted by Crippen LogP contribution is -2.12. The van der Waals surface area contributed by atoms with Crippen molar-refractivity contribution in [3.8, 4) is 11.3 Å². The molecule has 3 rings (SSSR count). The summed E-state index contributed by atoms with van der Waals surface area (Å²) in [4.78, 5) is 24.4. The lowest BCUT2D eigenvalue weighted by Gasteiger charge is -2.06. The van der Waals surface area contributed by atoms with E-state index < -0.39 is 0 Å². The number of unbranched alkanes of at least 4 members (excludes halogenated alkanes) is 1. The van der Waals surface area contributed by atoms with Crippen molar-refractivity contribution in [2.24, 2.45) is 0 Å².